The van der Waals surface area contributed by atoms with E-state index in [-0.39, 0.29) is 24.1 Å². The molecular weight excluding hydrogens is 336 g/mol. The van der Waals surface area contributed by atoms with Crippen molar-refractivity contribution >= 4 is 24.1 Å². The molecule has 1 aromatic rings. The second-order valence-corrected chi connectivity index (χ2v) is 7.17. The van der Waals surface area contributed by atoms with Crippen molar-refractivity contribution in [2.75, 3.05) is 26.7 Å². The standard InChI is InChI=1S/C20H28N2O2.ClH/c1-21-13-15-4-3-11-22(14-15)20(24)10-9-19(23)18-8-7-16-5-2-6-17(16)12-18;/h7-8,12,15,21H,2-6,9-11,13-14H2,1H3;1H. The molecule has 0 saturated carbocycles. The van der Waals surface area contributed by atoms with Crippen LogP contribution < -0.4 is 5.32 Å². The van der Waals surface area contributed by atoms with Gasteiger partial charge >= 0.3 is 0 Å². The van der Waals surface area contributed by atoms with Gasteiger partial charge in [0.05, 0.1) is 0 Å². The molecule has 1 fully saturated rings. The predicted octanol–water partition coefficient (Wildman–Crippen LogP) is 3.02. The number of benzene rings is 1. The van der Waals surface area contributed by atoms with Crippen LogP contribution in [0.3, 0.4) is 0 Å². The van der Waals surface area contributed by atoms with Crippen LogP contribution in [-0.2, 0) is 17.6 Å². The molecule has 1 aliphatic carbocycles. The summed E-state index contributed by atoms with van der Waals surface area (Å²) in [6.07, 6.45) is 6.30. The van der Waals surface area contributed by atoms with Gasteiger partial charge in [0.1, 0.15) is 0 Å². The molecule has 0 bridgehead atoms. The Morgan fingerprint density at radius 2 is 1.96 bits per heavy atom. The molecule has 3 rings (SSSR count). The molecule has 1 aromatic carbocycles. The van der Waals surface area contributed by atoms with Crippen LogP contribution in [0.1, 0.15) is 53.6 Å². The molecule has 0 spiro atoms. The molecular formula is C20H29ClN2O2. The minimum atomic E-state index is 0. The van der Waals surface area contributed by atoms with Crippen LogP contribution in [-0.4, -0.2) is 43.3 Å². The zero-order valence-electron chi connectivity index (χ0n) is 15.1. The fourth-order valence-corrected chi connectivity index (χ4v) is 4.02. The van der Waals surface area contributed by atoms with Crippen molar-refractivity contribution in [1.82, 2.24) is 10.2 Å². The minimum absolute atomic E-state index is 0. The highest BCUT2D eigenvalue weighted by Crippen LogP contribution is 2.24. The van der Waals surface area contributed by atoms with Gasteiger partial charge in [-0.15, -0.1) is 12.4 Å². The van der Waals surface area contributed by atoms with Crippen molar-refractivity contribution in [1.29, 1.82) is 0 Å². The van der Waals surface area contributed by atoms with Crippen molar-refractivity contribution in [3.8, 4) is 0 Å². The number of ketones is 1. The third-order valence-electron chi connectivity index (χ3n) is 5.35. The van der Waals surface area contributed by atoms with E-state index in [4.69, 9.17) is 0 Å². The predicted molar refractivity (Wildman–Crippen MR) is 103 cm³/mol. The molecule has 2 aliphatic rings. The Balaban J connectivity index is 0.00000225. The van der Waals surface area contributed by atoms with E-state index in [0.29, 0.717) is 18.8 Å². The van der Waals surface area contributed by atoms with E-state index in [0.717, 1.165) is 44.5 Å². The van der Waals surface area contributed by atoms with Crippen LogP contribution in [0.2, 0.25) is 0 Å². The van der Waals surface area contributed by atoms with Crippen LogP contribution in [0.25, 0.3) is 0 Å². The lowest BCUT2D eigenvalue weighted by atomic mass is 9.97. The van der Waals surface area contributed by atoms with Gasteiger partial charge in [-0.1, -0.05) is 12.1 Å². The van der Waals surface area contributed by atoms with Crippen molar-refractivity contribution < 1.29 is 9.59 Å². The molecule has 1 aliphatic heterocycles. The Kier molecular flexibility index (Phi) is 7.45. The lowest BCUT2D eigenvalue weighted by molar-refractivity contribution is -0.132. The first-order valence-corrected chi connectivity index (χ1v) is 9.24. The van der Waals surface area contributed by atoms with Crippen LogP contribution in [0, 0.1) is 5.92 Å². The molecule has 5 heteroatoms. The number of piperidine rings is 1. The zero-order chi connectivity index (χ0) is 16.9. The maximum Gasteiger partial charge on any atom is 0.223 e. The summed E-state index contributed by atoms with van der Waals surface area (Å²) in [6, 6.07) is 6.06. The molecule has 1 heterocycles. The number of amides is 1. The Labute approximate surface area is 156 Å². The summed E-state index contributed by atoms with van der Waals surface area (Å²) in [5.41, 5.74) is 3.47. The van der Waals surface area contributed by atoms with Gasteiger partial charge < -0.3 is 10.2 Å². The summed E-state index contributed by atoms with van der Waals surface area (Å²) in [5.74, 6) is 0.771. The number of carbonyl (C=O) groups is 2. The summed E-state index contributed by atoms with van der Waals surface area (Å²) in [7, 11) is 1.95. The number of Topliss-reactive ketones (excluding diaryl/α,β-unsaturated/α-hetero) is 1. The summed E-state index contributed by atoms with van der Waals surface area (Å²) < 4.78 is 0. The van der Waals surface area contributed by atoms with Crippen molar-refractivity contribution in [3.63, 3.8) is 0 Å². The van der Waals surface area contributed by atoms with E-state index in [1.165, 1.54) is 24.0 Å². The SMILES string of the molecule is CNCC1CCCN(C(=O)CCC(=O)c2ccc3c(c2)CCC3)C1.Cl. The second kappa shape index (κ2) is 9.35. The van der Waals surface area contributed by atoms with E-state index in [1.807, 2.05) is 24.1 Å². The first kappa shape index (κ1) is 19.9. The van der Waals surface area contributed by atoms with Gasteiger partial charge in [-0.25, -0.2) is 0 Å². The summed E-state index contributed by atoms with van der Waals surface area (Å²) in [5, 5.41) is 3.20. The molecule has 4 nitrogen and oxygen atoms in total. The van der Waals surface area contributed by atoms with Gasteiger partial charge in [0.25, 0.3) is 0 Å². The van der Waals surface area contributed by atoms with E-state index >= 15 is 0 Å². The molecule has 0 aromatic heterocycles. The Morgan fingerprint density at radius 1 is 1.16 bits per heavy atom. The zero-order valence-corrected chi connectivity index (χ0v) is 15.9. The number of likely N-dealkylation sites (tertiary alicyclic amines) is 1. The van der Waals surface area contributed by atoms with E-state index < -0.39 is 0 Å². The molecule has 1 saturated heterocycles. The van der Waals surface area contributed by atoms with Crippen LogP contribution in [0.15, 0.2) is 18.2 Å². The van der Waals surface area contributed by atoms with Gasteiger partial charge in [0.2, 0.25) is 5.91 Å². The topological polar surface area (TPSA) is 49.4 Å². The first-order chi connectivity index (χ1) is 11.7. The number of nitrogens with one attached hydrogen (secondary N) is 1. The quantitative estimate of drug-likeness (QED) is 0.789. The third-order valence-corrected chi connectivity index (χ3v) is 5.35. The maximum absolute atomic E-state index is 12.4. The highest BCUT2D eigenvalue weighted by Gasteiger charge is 2.23. The summed E-state index contributed by atoms with van der Waals surface area (Å²) in [6.45, 7) is 2.62. The number of hydrogen-bond acceptors (Lipinski definition) is 3. The van der Waals surface area contributed by atoms with Crippen molar-refractivity contribution in [3.05, 3.63) is 34.9 Å². The summed E-state index contributed by atoms with van der Waals surface area (Å²) >= 11 is 0. The minimum Gasteiger partial charge on any atom is -0.342 e. The number of halogens is 1. The van der Waals surface area contributed by atoms with Gasteiger partial charge in [-0.05, 0) is 68.8 Å². The van der Waals surface area contributed by atoms with E-state index in [1.54, 1.807) is 0 Å². The molecule has 1 atom stereocenters. The molecule has 1 unspecified atom stereocenters. The normalized spacial score (nSPS) is 19.2. The first-order valence-electron chi connectivity index (χ1n) is 9.24. The molecule has 1 amide bonds. The average Bonchev–Trinajstić information content (AvgIpc) is 3.07. The van der Waals surface area contributed by atoms with Gasteiger partial charge in [0.15, 0.2) is 5.78 Å². The average molecular weight is 365 g/mol. The van der Waals surface area contributed by atoms with Crippen LogP contribution in [0.4, 0.5) is 0 Å². The molecule has 0 radical (unpaired) electrons. The largest absolute Gasteiger partial charge is 0.342 e. The second-order valence-electron chi connectivity index (χ2n) is 7.17. The number of aryl methyl sites for hydroxylation is 2. The molecule has 25 heavy (non-hydrogen) atoms. The smallest absolute Gasteiger partial charge is 0.223 e. The van der Waals surface area contributed by atoms with E-state index in [9.17, 15) is 9.59 Å². The molecule has 138 valence electrons. The Morgan fingerprint density at radius 3 is 2.76 bits per heavy atom. The third kappa shape index (κ3) is 5.05. The molecule has 1 N–H and O–H groups in total. The Hall–Kier alpha value is -1.39. The number of rotatable bonds is 6. The number of nitrogens with zero attached hydrogens (tertiary/aromatic N) is 1. The highest BCUT2D eigenvalue weighted by atomic mass is 35.5. The number of fused-ring (bicyclic) bond motifs is 1. The van der Waals surface area contributed by atoms with Gasteiger partial charge in [-0.2, -0.15) is 0 Å². The fraction of sp³-hybridized carbons (Fsp3) is 0.600. The highest BCUT2D eigenvalue weighted by molar-refractivity contribution is 5.98. The monoisotopic (exact) mass is 364 g/mol. The van der Waals surface area contributed by atoms with E-state index in [2.05, 4.69) is 11.4 Å². The van der Waals surface area contributed by atoms with Crippen LogP contribution in [0.5, 0.6) is 0 Å². The van der Waals surface area contributed by atoms with Crippen LogP contribution >= 0.6 is 12.4 Å². The van der Waals surface area contributed by atoms with Crippen molar-refractivity contribution in [2.24, 2.45) is 5.92 Å². The maximum atomic E-state index is 12.4. The van der Waals surface area contributed by atoms with Crippen molar-refractivity contribution in [2.45, 2.75) is 44.9 Å². The number of carbonyl (C=O) groups excluding carboxylic acids is 2. The lowest BCUT2D eigenvalue weighted by Crippen LogP contribution is -2.42. The summed E-state index contributed by atoms with van der Waals surface area (Å²) in [4.78, 5) is 26.8. The number of hydrogen-bond donors (Lipinski definition) is 1. The Bertz CT molecular complexity index is 616. The van der Waals surface area contributed by atoms with Gasteiger partial charge in [0, 0.05) is 31.5 Å². The fourth-order valence-electron chi connectivity index (χ4n) is 4.02. The lowest BCUT2D eigenvalue weighted by Gasteiger charge is -2.32. The van der Waals surface area contributed by atoms with Gasteiger partial charge in [-0.3, -0.25) is 9.59 Å².